The van der Waals surface area contributed by atoms with Gasteiger partial charge in [-0.2, -0.15) is 0 Å². The molecule has 1 aliphatic carbocycles. The summed E-state index contributed by atoms with van der Waals surface area (Å²) in [5, 5.41) is 0. The standard InChI is InChI=1S/C15H19NO2/c1-3-16(4-2)15(18)13-10-12(13)14(17)11-8-6-5-7-9-11/h5-9,12-13H,3-4,10H2,1-2H3/t12-,13-/m0/s1. The molecule has 0 spiro atoms. The summed E-state index contributed by atoms with van der Waals surface area (Å²) in [6, 6.07) is 9.25. The summed E-state index contributed by atoms with van der Waals surface area (Å²) in [5.74, 6) is 0.0634. The second kappa shape index (κ2) is 5.34. The Bertz CT molecular complexity index is 437. The fourth-order valence-electron chi connectivity index (χ4n) is 2.34. The zero-order chi connectivity index (χ0) is 13.1. The molecule has 1 aromatic carbocycles. The summed E-state index contributed by atoms with van der Waals surface area (Å²) in [5.41, 5.74) is 0.720. The maximum absolute atomic E-state index is 12.2. The van der Waals surface area contributed by atoms with Crippen molar-refractivity contribution in [2.75, 3.05) is 13.1 Å². The van der Waals surface area contributed by atoms with Crippen molar-refractivity contribution >= 4 is 11.7 Å². The minimum Gasteiger partial charge on any atom is -0.343 e. The maximum Gasteiger partial charge on any atom is 0.226 e. The van der Waals surface area contributed by atoms with Gasteiger partial charge in [0.2, 0.25) is 5.91 Å². The molecule has 1 saturated carbocycles. The van der Waals surface area contributed by atoms with Crippen LogP contribution < -0.4 is 0 Å². The molecule has 1 aromatic rings. The van der Waals surface area contributed by atoms with Crippen molar-refractivity contribution in [1.82, 2.24) is 4.90 Å². The van der Waals surface area contributed by atoms with E-state index in [4.69, 9.17) is 0 Å². The van der Waals surface area contributed by atoms with Gasteiger partial charge in [0.25, 0.3) is 0 Å². The molecular formula is C15H19NO2. The summed E-state index contributed by atoms with van der Waals surface area (Å²) in [6.07, 6.45) is 0.711. The summed E-state index contributed by atoms with van der Waals surface area (Å²) in [4.78, 5) is 26.0. The first-order valence-electron chi connectivity index (χ1n) is 6.57. The lowest BCUT2D eigenvalue weighted by molar-refractivity contribution is -0.132. The van der Waals surface area contributed by atoms with Crippen molar-refractivity contribution in [3.05, 3.63) is 35.9 Å². The number of hydrogen-bond acceptors (Lipinski definition) is 2. The van der Waals surface area contributed by atoms with E-state index in [1.165, 1.54) is 0 Å². The van der Waals surface area contributed by atoms with E-state index in [1.807, 2.05) is 49.1 Å². The second-order valence-electron chi connectivity index (χ2n) is 4.69. The highest BCUT2D eigenvalue weighted by Crippen LogP contribution is 2.42. The summed E-state index contributed by atoms with van der Waals surface area (Å²) in [7, 11) is 0. The van der Waals surface area contributed by atoms with E-state index in [-0.39, 0.29) is 23.5 Å². The lowest BCUT2D eigenvalue weighted by Gasteiger charge is -2.18. The van der Waals surface area contributed by atoms with Gasteiger partial charge in [-0.15, -0.1) is 0 Å². The zero-order valence-corrected chi connectivity index (χ0v) is 10.9. The molecule has 0 saturated heterocycles. The summed E-state index contributed by atoms with van der Waals surface area (Å²) < 4.78 is 0. The lowest BCUT2D eigenvalue weighted by atomic mass is 10.1. The third-order valence-corrected chi connectivity index (χ3v) is 3.58. The van der Waals surface area contributed by atoms with Gasteiger partial charge in [-0.25, -0.2) is 0 Å². The van der Waals surface area contributed by atoms with Crippen LogP contribution >= 0.6 is 0 Å². The van der Waals surface area contributed by atoms with E-state index in [1.54, 1.807) is 0 Å². The Morgan fingerprint density at radius 2 is 1.72 bits per heavy atom. The molecule has 96 valence electrons. The van der Waals surface area contributed by atoms with Gasteiger partial charge in [0.1, 0.15) is 0 Å². The third-order valence-electron chi connectivity index (χ3n) is 3.58. The number of carbonyl (C=O) groups is 2. The molecule has 0 N–H and O–H groups in total. The molecular weight excluding hydrogens is 226 g/mol. The van der Waals surface area contributed by atoms with E-state index < -0.39 is 0 Å². The number of carbonyl (C=O) groups excluding carboxylic acids is 2. The Morgan fingerprint density at radius 1 is 1.11 bits per heavy atom. The number of nitrogens with zero attached hydrogens (tertiary/aromatic N) is 1. The van der Waals surface area contributed by atoms with Crippen LogP contribution in [0, 0.1) is 11.8 Å². The van der Waals surface area contributed by atoms with Crippen LogP contribution in [0.15, 0.2) is 30.3 Å². The highest BCUT2D eigenvalue weighted by Gasteiger charge is 2.48. The topological polar surface area (TPSA) is 37.4 Å². The minimum atomic E-state index is -0.0968. The highest BCUT2D eigenvalue weighted by molar-refractivity contribution is 6.03. The van der Waals surface area contributed by atoms with Gasteiger partial charge in [0, 0.05) is 30.5 Å². The first-order valence-corrected chi connectivity index (χ1v) is 6.57. The number of hydrogen-bond donors (Lipinski definition) is 0. The van der Waals surface area contributed by atoms with E-state index in [9.17, 15) is 9.59 Å². The van der Waals surface area contributed by atoms with Gasteiger partial charge >= 0.3 is 0 Å². The quantitative estimate of drug-likeness (QED) is 0.747. The SMILES string of the molecule is CCN(CC)C(=O)[C@H]1C[C@@H]1C(=O)c1ccccc1. The molecule has 0 heterocycles. The van der Waals surface area contributed by atoms with Crippen LogP contribution in [-0.4, -0.2) is 29.7 Å². The van der Waals surface area contributed by atoms with E-state index in [2.05, 4.69) is 0 Å². The molecule has 1 fully saturated rings. The molecule has 0 unspecified atom stereocenters. The molecule has 3 nitrogen and oxygen atoms in total. The van der Waals surface area contributed by atoms with E-state index >= 15 is 0 Å². The van der Waals surface area contributed by atoms with Crippen molar-refractivity contribution in [1.29, 1.82) is 0 Å². The van der Waals surface area contributed by atoms with Gasteiger partial charge in [-0.1, -0.05) is 30.3 Å². The number of benzene rings is 1. The fraction of sp³-hybridized carbons (Fsp3) is 0.467. The van der Waals surface area contributed by atoms with Crippen LogP contribution in [0.5, 0.6) is 0 Å². The zero-order valence-electron chi connectivity index (χ0n) is 10.9. The van der Waals surface area contributed by atoms with Crippen LogP contribution in [-0.2, 0) is 4.79 Å². The van der Waals surface area contributed by atoms with Crippen molar-refractivity contribution in [3.8, 4) is 0 Å². The van der Waals surface area contributed by atoms with Crippen molar-refractivity contribution in [3.63, 3.8) is 0 Å². The average Bonchev–Trinajstić information content (AvgIpc) is 3.20. The second-order valence-corrected chi connectivity index (χ2v) is 4.69. The van der Waals surface area contributed by atoms with Crippen LogP contribution in [0.1, 0.15) is 30.6 Å². The predicted molar refractivity (Wildman–Crippen MR) is 70.3 cm³/mol. The number of Topliss-reactive ketones (excluding diaryl/α,β-unsaturated/α-hetero) is 1. The van der Waals surface area contributed by atoms with Gasteiger partial charge in [-0.3, -0.25) is 9.59 Å². The van der Waals surface area contributed by atoms with Crippen molar-refractivity contribution < 1.29 is 9.59 Å². The first-order chi connectivity index (χ1) is 8.69. The number of rotatable bonds is 5. The Hall–Kier alpha value is -1.64. The molecule has 2 atom stereocenters. The normalized spacial score (nSPS) is 21.4. The molecule has 2 rings (SSSR count). The molecule has 3 heteroatoms. The van der Waals surface area contributed by atoms with Crippen molar-refractivity contribution in [2.24, 2.45) is 11.8 Å². The largest absolute Gasteiger partial charge is 0.343 e. The Kier molecular flexibility index (Phi) is 3.80. The molecule has 18 heavy (non-hydrogen) atoms. The molecule has 0 radical (unpaired) electrons. The number of amides is 1. The molecule has 0 aliphatic heterocycles. The predicted octanol–water partition coefficient (Wildman–Crippen LogP) is 2.37. The summed E-state index contributed by atoms with van der Waals surface area (Å²) >= 11 is 0. The van der Waals surface area contributed by atoms with E-state index in [0.717, 1.165) is 18.7 Å². The third kappa shape index (κ3) is 2.45. The van der Waals surface area contributed by atoms with Crippen LogP contribution in [0.4, 0.5) is 0 Å². The highest BCUT2D eigenvalue weighted by atomic mass is 16.2. The Labute approximate surface area is 108 Å². The Morgan fingerprint density at radius 3 is 2.28 bits per heavy atom. The van der Waals surface area contributed by atoms with Crippen LogP contribution in [0.2, 0.25) is 0 Å². The van der Waals surface area contributed by atoms with Gasteiger partial charge in [0.05, 0.1) is 0 Å². The van der Waals surface area contributed by atoms with Gasteiger partial charge in [-0.05, 0) is 20.3 Å². The molecule has 1 aliphatic rings. The molecule has 0 aromatic heterocycles. The number of ketones is 1. The monoisotopic (exact) mass is 245 g/mol. The first kappa shape index (κ1) is 12.8. The van der Waals surface area contributed by atoms with Gasteiger partial charge in [0.15, 0.2) is 5.78 Å². The van der Waals surface area contributed by atoms with Crippen LogP contribution in [0.3, 0.4) is 0 Å². The lowest BCUT2D eigenvalue weighted by Crippen LogP contribution is -2.32. The maximum atomic E-state index is 12.2. The van der Waals surface area contributed by atoms with E-state index in [0.29, 0.717) is 6.42 Å². The average molecular weight is 245 g/mol. The smallest absolute Gasteiger partial charge is 0.226 e. The fourth-order valence-corrected chi connectivity index (χ4v) is 2.34. The minimum absolute atomic E-state index is 0.0855. The van der Waals surface area contributed by atoms with Crippen LogP contribution in [0.25, 0.3) is 0 Å². The van der Waals surface area contributed by atoms with Gasteiger partial charge < -0.3 is 4.90 Å². The Balaban J connectivity index is 1.99. The summed E-state index contributed by atoms with van der Waals surface area (Å²) in [6.45, 7) is 5.38. The van der Waals surface area contributed by atoms with Crippen molar-refractivity contribution in [2.45, 2.75) is 20.3 Å². The molecule has 0 bridgehead atoms. The molecule has 1 amide bonds.